The predicted molar refractivity (Wildman–Crippen MR) is 135 cm³/mol. The highest BCUT2D eigenvalue weighted by Crippen LogP contribution is 2.47. The van der Waals surface area contributed by atoms with Crippen LogP contribution in [0.15, 0.2) is 48.5 Å². The molecule has 1 N–H and O–H groups in total. The van der Waals surface area contributed by atoms with E-state index in [1.807, 2.05) is 81.8 Å². The second-order valence-corrected chi connectivity index (χ2v) is 10.4. The molecule has 0 saturated carbocycles. The van der Waals surface area contributed by atoms with Crippen LogP contribution in [-0.4, -0.2) is 26.1 Å². The number of nitrogens with zero attached hydrogens (tertiary/aromatic N) is 3. The molecule has 0 amide bonds. The first-order valence-corrected chi connectivity index (χ1v) is 12.3. The Hall–Kier alpha value is -3.03. The molecule has 4 rings (SSSR count). The van der Waals surface area contributed by atoms with Crippen molar-refractivity contribution in [2.45, 2.75) is 60.3 Å². The number of ether oxygens (including phenoxy) is 1. The molecular weight excluding hydrogens is 446 g/mol. The van der Waals surface area contributed by atoms with Crippen molar-refractivity contribution < 1.29 is 14.6 Å². The van der Waals surface area contributed by atoms with Gasteiger partial charge in [0.15, 0.2) is 0 Å². The van der Waals surface area contributed by atoms with Gasteiger partial charge in [-0.1, -0.05) is 41.6 Å². The van der Waals surface area contributed by atoms with Crippen molar-refractivity contribution in [3.05, 3.63) is 80.5 Å². The van der Waals surface area contributed by atoms with E-state index < -0.39 is 5.41 Å². The Kier molecular flexibility index (Phi) is 6.86. The molecule has 0 aliphatic carbocycles. The molecule has 2 aromatic heterocycles. The minimum atomic E-state index is -0.863. The summed E-state index contributed by atoms with van der Waals surface area (Å²) in [6.07, 6.45) is 0. The smallest absolute Gasteiger partial charge is 0.312 e. The number of hydrogen-bond donors (Lipinski definition) is 1. The first-order chi connectivity index (χ1) is 16.3. The number of rotatable bonds is 8. The molecule has 0 saturated heterocycles. The Morgan fingerprint density at radius 2 is 1.91 bits per heavy atom. The summed E-state index contributed by atoms with van der Waals surface area (Å²) < 4.78 is 7.69. The summed E-state index contributed by atoms with van der Waals surface area (Å²) in [6.45, 7) is 10.9. The summed E-state index contributed by atoms with van der Waals surface area (Å²) in [6, 6.07) is 15.8. The van der Waals surface area contributed by atoms with Crippen LogP contribution in [0, 0.1) is 19.3 Å². The number of aliphatic hydroxyl groups is 1. The van der Waals surface area contributed by atoms with Gasteiger partial charge in [-0.2, -0.15) is 0 Å². The van der Waals surface area contributed by atoms with E-state index in [1.54, 1.807) is 11.3 Å². The Morgan fingerprint density at radius 1 is 1.18 bits per heavy atom. The average molecular weight is 478 g/mol. The molecule has 1 atom stereocenters. The van der Waals surface area contributed by atoms with E-state index >= 15 is 0 Å². The highest BCUT2D eigenvalue weighted by atomic mass is 32.1. The first-order valence-electron chi connectivity index (χ1n) is 11.5. The van der Waals surface area contributed by atoms with Gasteiger partial charge < -0.3 is 9.84 Å². The van der Waals surface area contributed by atoms with Crippen molar-refractivity contribution in [2.24, 2.45) is 5.41 Å². The van der Waals surface area contributed by atoms with Gasteiger partial charge in [-0.25, -0.2) is 4.68 Å². The number of aromatic nitrogens is 3. The number of thiophene rings is 1. The summed E-state index contributed by atoms with van der Waals surface area (Å²) >= 11 is 1.62. The molecule has 0 unspecified atom stereocenters. The molecule has 0 spiro atoms. The molecule has 0 fully saturated rings. The lowest BCUT2D eigenvalue weighted by molar-refractivity contribution is -0.156. The summed E-state index contributed by atoms with van der Waals surface area (Å²) in [4.78, 5) is 15.6. The number of carbonyl (C=O) groups excluding carboxylic acids is 1. The Bertz CT molecular complexity index is 1310. The van der Waals surface area contributed by atoms with E-state index in [0.29, 0.717) is 0 Å². The number of fused-ring (bicyclic) bond motifs is 1. The zero-order valence-electron chi connectivity index (χ0n) is 20.3. The van der Waals surface area contributed by atoms with E-state index in [-0.39, 0.29) is 25.1 Å². The Labute approximate surface area is 204 Å². The summed E-state index contributed by atoms with van der Waals surface area (Å²) in [7, 11) is 0. The summed E-state index contributed by atoms with van der Waals surface area (Å²) in [5, 5.41) is 18.5. The lowest BCUT2D eigenvalue weighted by atomic mass is 9.72. The molecule has 34 heavy (non-hydrogen) atoms. The van der Waals surface area contributed by atoms with Crippen LogP contribution in [0.3, 0.4) is 0 Å². The van der Waals surface area contributed by atoms with Crippen molar-refractivity contribution in [1.29, 1.82) is 0 Å². The molecule has 178 valence electrons. The fourth-order valence-electron chi connectivity index (χ4n) is 4.50. The van der Waals surface area contributed by atoms with Crippen molar-refractivity contribution >= 4 is 28.3 Å². The van der Waals surface area contributed by atoms with Crippen molar-refractivity contribution in [3.8, 4) is 0 Å². The molecule has 2 heterocycles. The lowest BCUT2D eigenvalue weighted by Gasteiger charge is -2.33. The van der Waals surface area contributed by atoms with Gasteiger partial charge in [0, 0.05) is 22.2 Å². The summed E-state index contributed by atoms with van der Waals surface area (Å²) in [5.41, 5.74) is 4.81. The largest absolute Gasteiger partial charge is 0.460 e. The van der Waals surface area contributed by atoms with Crippen LogP contribution in [0.2, 0.25) is 0 Å². The highest BCUT2D eigenvalue weighted by molar-refractivity contribution is 7.12. The van der Waals surface area contributed by atoms with Gasteiger partial charge in [-0.3, -0.25) is 4.79 Å². The zero-order chi connectivity index (χ0) is 24.5. The zero-order valence-corrected chi connectivity index (χ0v) is 21.1. The normalized spacial score (nSPS) is 12.8. The van der Waals surface area contributed by atoms with Crippen LogP contribution in [0.25, 0.3) is 11.0 Å². The molecule has 0 aliphatic heterocycles. The Morgan fingerprint density at radius 3 is 2.56 bits per heavy atom. The van der Waals surface area contributed by atoms with Crippen molar-refractivity contribution in [1.82, 2.24) is 15.0 Å². The minimum absolute atomic E-state index is 0.0310. The number of benzene rings is 2. The predicted octanol–water partition coefficient (Wildman–Crippen LogP) is 5.52. The van der Waals surface area contributed by atoms with Crippen LogP contribution in [-0.2, 0) is 29.3 Å². The third-order valence-electron chi connectivity index (χ3n) is 6.55. The molecule has 0 bridgehead atoms. The molecule has 0 aliphatic rings. The fraction of sp³-hybridized carbons (Fsp3) is 0.370. The molecule has 2 aromatic carbocycles. The van der Waals surface area contributed by atoms with E-state index in [4.69, 9.17) is 4.74 Å². The average Bonchev–Trinajstić information content (AvgIpc) is 3.42. The number of esters is 1. The maximum atomic E-state index is 13.5. The van der Waals surface area contributed by atoms with Gasteiger partial charge in [0.1, 0.15) is 12.1 Å². The van der Waals surface area contributed by atoms with Gasteiger partial charge in [0.2, 0.25) is 0 Å². The quantitative estimate of drug-likeness (QED) is 0.338. The lowest BCUT2D eigenvalue weighted by Crippen LogP contribution is -2.34. The van der Waals surface area contributed by atoms with E-state index in [0.717, 1.165) is 49.6 Å². The molecular formula is C27H31N3O3S. The third-order valence-corrected chi connectivity index (χ3v) is 7.71. The first kappa shape index (κ1) is 24.1. The van der Waals surface area contributed by atoms with Crippen LogP contribution in [0.1, 0.15) is 58.7 Å². The number of aryl methyl sites for hydroxylation is 3. The second kappa shape index (κ2) is 9.68. The van der Waals surface area contributed by atoms with Gasteiger partial charge >= 0.3 is 5.97 Å². The Balaban J connectivity index is 1.78. The fourth-order valence-corrected chi connectivity index (χ4v) is 5.85. The van der Waals surface area contributed by atoms with Gasteiger partial charge in [-0.05, 0) is 69.0 Å². The minimum Gasteiger partial charge on any atom is -0.460 e. The maximum absolute atomic E-state index is 13.5. The van der Waals surface area contributed by atoms with Crippen molar-refractivity contribution in [2.75, 3.05) is 0 Å². The van der Waals surface area contributed by atoms with Gasteiger partial charge in [-0.15, -0.1) is 16.4 Å². The number of hydrogen-bond acceptors (Lipinski definition) is 6. The molecule has 4 aromatic rings. The SMILES string of the molecule is CCn1nnc2c(C)c([C@@H](c3cc(CO)c(C)s3)C(C)(C)C(=O)OCc3ccccc3)ccc21. The van der Waals surface area contributed by atoms with Gasteiger partial charge in [0.25, 0.3) is 0 Å². The van der Waals surface area contributed by atoms with Crippen LogP contribution >= 0.6 is 11.3 Å². The third kappa shape index (κ3) is 4.38. The van der Waals surface area contributed by atoms with Crippen molar-refractivity contribution in [3.63, 3.8) is 0 Å². The van der Waals surface area contributed by atoms with E-state index in [1.165, 1.54) is 0 Å². The maximum Gasteiger partial charge on any atom is 0.312 e. The molecule has 7 heteroatoms. The number of aliphatic hydroxyl groups excluding tert-OH is 1. The monoisotopic (exact) mass is 477 g/mol. The molecule has 6 nitrogen and oxygen atoms in total. The number of carbonyl (C=O) groups is 1. The van der Waals surface area contributed by atoms with Gasteiger partial charge in [0.05, 0.1) is 17.5 Å². The van der Waals surface area contributed by atoms with E-state index in [9.17, 15) is 9.90 Å². The van der Waals surface area contributed by atoms with Crippen LogP contribution < -0.4 is 0 Å². The summed E-state index contributed by atoms with van der Waals surface area (Å²) in [5.74, 6) is -0.536. The van der Waals surface area contributed by atoms with Crippen LogP contribution in [0.5, 0.6) is 0 Å². The second-order valence-electron chi connectivity index (χ2n) is 9.16. The topological polar surface area (TPSA) is 77.2 Å². The van der Waals surface area contributed by atoms with E-state index in [2.05, 4.69) is 16.4 Å². The van der Waals surface area contributed by atoms with Crippen LogP contribution in [0.4, 0.5) is 0 Å². The standard InChI is InChI=1S/C27H31N3O3S/c1-6-30-22-13-12-21(17(2)25(22)28-29-30)24(23-14-20(15-31)18(3)34-23)27(4,5)26(32)33-16-19-10-8-7-9-11-19/h7-14,24,31H,6,15-16H2,1-5H3/t24-/m0/s1. The molecule has 0 radical (unpaired) electrons. The highest BCUT2D eigenvalue weighted by Gasteiger charge is 2.42.